The Morgan fingerprint density at radius 3 is 2.71 bits per heavy atom. The Morgan fingerprint density at radius 2 is 2.18 bits per heavy atom. The minimum atomic E-state index is 0.758. The molecule has 0 radical (unpaired) electrons. The Labute approximate surface area is 112 Å². The molecular formula is C12H16ClN3S. The first-order valence-electron chi connectivity index (χ1n) is 5.15. The molecule has 0 amide bonds. The van der Waals surface area contributed by atoms with Gasteiger partial charge in [0.05, 0.1) is 0 Å². The third kappa shape index (κ3) is 5.26. The molecule has 0 atom stereocenters. The van der Waals surface area contributed by atoms with E-state index in [9.17, 15) is 0 Å². The van der Waals surface area contributed by atoms with Gasteiger partial charge in [0, 0.05) is 24.8 Å². The fourth-order valence-corrected chi connectivity index (χ4v) is 2.09. The van der Waals surface area contributed by atoms with Crippen molar-refractivity contribution in [3.8, 4) is 0 Å². The molecule has 1 aromatic rings. The zero-order chi connectivity index (χ0) is 12.7. The zero-order valence-corrected chi connectivity index (χ0v) is 11.6. The lowest BCUT2D eigenvalue weighted by atomic mass is 10.2. The summed E-state index contributed by atoms with van der Waals surface area (Å²) in [7, 11) is 3.85. The molecular weight excluding hydrogens is 254 g/mol. The van der Waals surface area contributed by atoms with Crippen LogP contribution in [0.4, 0.5) is 0 Å². The van der Waals surface area contributed by atoms with Crippen LogP contribution >= 0.6 is 23.5 Å². The van der Waals surface area contributed by atoms with E-state index >= 15 is 0 Å². The van der Waals surface area contributed by atoms with Crippen molar-refractivity contribution < 1.29 is 0 Å². The quantitative estimate of drug-likeness (QED) is 0.517. The molecule has 0 saturated heterocycles. The molecule has 3 nitrogen and oxygen atoms in total. The Kier molecular flexibility index (Phi) is 6.11. The summed E-state index contributed by atoms with van der Waals surface area (Å²) in [5, 5.41) is 4.58. The maximum Gasteiger partial charge on any atom is 0.176 e. The van der Waals surface area contributed by atoms with Gasteiger partial charge in [-0.3, -0.25) is 0 Å². The van der Waals surface area contributed by atoms with E-state index in [1.807, 2.05) is 38.4 Å². The molecule has 0 fully saturated rings. The topological polar surface area (TPSA) is 27.6 Å². The number of hydrogen-bond acceptors (Lipinski definition) is 3. The zero-order valence-electron chi connectivity index (χ0n) is 9.98. The molecule has 0 aromatic heterocycles. The number of amidine groups is 1. The predicted octanol–water partition coefficient (Wildman–Crippen LogP) is 3.14. The molecule has 0 bridgehead atoms. The largest absolute Gasteiger partial charge is 0.367 e. The maximum absolute atomic E-state index is 5.84. The van der Waals surface area contributed by atoms with E-state index in [-0.39, 0.29) is 0 Å². The Balaban J connectivity index is 2.54. The van der Waals surface area contributed by atoms with Crippen LogP contribution < -0.4 is 5.32 Å². The van der Waals surface area contributed by atoms with Gasteiger partial charge < -0.3 is 5.32 Å². The number of halogens is 1. The molecule has 1 N–H and O–H groups in total. The molecule has 0 saturated carbocycles. The van der Waals surface area contributed by atoms with Crippen LogP contribution in [0.25, 0.3) is 0 Å². The summed E-state index contributed by atoms with van der Waals surface area (Å²) in [6.07, 6.45) is 1.52. The number of nitrogens with zero attached hydrogens (tertiary/aromatic N) is 2. The summed E-state index contributed by atoms with van der Waals surface area (Å²) in [5.74, 6) is 0. The Morgan fingerprint density at radius 1 is 1.53 bits per heavy atom. The predicted molar refractivity (Wildman–Crippen MR) is 77.2 cm³/mol. The van der Waals surface area contributed by atoms with E-state index in [1.165, 1.54) is 23.7 Å². The highest BCUT2D eigenvalue weighted by Crippen LogP contribution is 2.15. The van der Waals surface area contributed by atoms with E-state index < -0.39 is 0 Å². The molecule has 0 unspecified atom stereocenters. The SMILES string of the molecule is C=C/N=C(/NC)SN(C)Cc1ccc(Cl)cc1. The molecule has 0 aliphatic rings. The van der Waals surface area contributed by atoms with Crippen molar-refractivity contribution in [2.24, 2.45) is 4.99 Å². The van der Waals surface area contributed by atoms with Gasteiger partial charge in [0.25, 0.3) is 0 Å². The second kappa shape index (κ2) is 7.37. The molecule has 5 heteroatoms. The van der Waals surface area contributed by atoms with Gasteiger partial charge in [-0.25, -0.2) is 9.30 Å². The fourth-order valence-electron chi connectivity index (χ4n) is 1.24. The van der Waals surface area contributed by atoms with Crippen LogP contribution in [0.15, 0.2) is 42.0 Å². The Hall–Kier alpha value is -0.970. The third-order valence-electron chi connectivity index (χ3n) is 1.98. The molecule has 0 aliphatic heterocycles. The normalized spacial score (nSPS) is 11.6. The lowest BCUT2D eigenvalue weighted by molar-refractivity contribution is 0.569. The minimum absolute atomic E-state index is 0.758. The fraction of sp³-hybridized carbons (Fsp3) is 0.250. The van der Waals surface area contributed by atoms with Gasteiger partial charge in [-0.2, -0.15) is 0 Å². The second-order valence-electron chi connectivity index (χ2n) is 3.37. The van der Waals surface area contributed by atoms with Crippen LogP contribution in [-0.2, 0) is 6.54 Å². The van der Waals surface area contributed by atoms with E-state index in [2.05, 4.69) is 21.2 Å². The molecule has 17 heavy (non-hydrogen) atoms. The highest BCUT2D eigenvalue weighted by atomic mass is 35.5. The lowest BCUT2D eigenvalue weighted by Gasteiger charge is -2.16. The number of hydrogen-bond donors (Lipinski definition) is 1. The van der Waals surface area contributed by atoms with Crippen LogP contribution in [0, 0.1) is 0 Å². The lowest BCUT2D eigenvalue weighted by Crippen LogP contribution is -2.20. The van der Waals surface area contributed by atoms with Gasteiger partial charge in [0.15, 0.2) is 5.17 Å². The van der Waals surface area contributed by atoms with Gasteiger partial charge in [0.2, 0.25) is 0 Å². The summed E-state index contributed by atoms with van der Waals surface area (Å²) in [5.41, 5.74) is 1.21. The monoisotopic (exact) mass is 269 g/mol. The summed E-state index contributed by atoms with van der Waals surface area (Å²) in [6.45, 7) is 4.39. The minimum Gasteiger partial charge on any atom is -0.367 e. The van der Waals surface area contributed by atoms with E-state index in [1.54, 1.807) is 0 Å². The first kappa shape index (κ1) is 14.1. The van der Waals surface area contributed by atoms with Gasteiger partial charge >= 0.3 is 0 Å². The van der Waals surface area contributed by atoms with Gasteiger partial charge in [0.1, 0.15) is 0 Å². The van der Waals surface area contributed by atoms with Crippen LogP contribution in [0.5, 0.6) is 0 Å². The van der Waals surface area contributed by atoms with Gasteiger partial charge in [-0.05, 0) is 36.7 Å². The molecule has 0 aliphatic carbocycles. The molecule has 92 valence electrons. The highest BCUT2D eigenvalue weighted by molar-refractivity contribution is 8.11. The van der Waals surface area contributed by atoms with Crippen molar-refractivity contribution in [1.29, 1.82) is 0 Å². The number of rotatable bonds is 4. The van der Waals surface area contributed by atoms with Crippen LogP contribution in [0.3, 0.4) is 0 Å². The van der Waals surface area contributed by atoms with Crippen molar-refractivity contribution in [2.45, 2.75) is 6.54 Å². The molecule has 1 rings (SSSR count). The average molecular weight is 270 g/mol. The summed E-state index contributed by atoms with van der Waals surface area (Å²) in [4.78, 5) is 4.11. The summed E-state index contributed by atoms with van der Waals surface area (Å²) >= 11 is 7.37. The van der Waals surface area contributed by atoms with Gasteiger partial charge in [-0.15, -0.1) is 0 Å². The summed E-state index contributed by atoms with van der Waals surface area (Å²) < 4.78 is 2.09. The highest BCUT2D eigenvalue weighted by Gasteiger charge is 2.04. The standard InChI is InChI=1S/C12H16ClN3S/c1-4-15-12(14-2)17-16(3)9-10-5-7-11(13)8-6-10/h4-8H,1,9H2,2-3H3,(H,14,15). The second-order valence-corrected chi connectivity index (χ2v) is 5.00. The first-order chi connectivity index (χ1) is 8.15. The number of aliphatic imine (C=N–C) groups is 1. The van der Waals surface area contributed by atoms with E-state index in [0.29, 0.717) is 0 Å². The number of benzene rings is 1. The summed E-state index contributed by atoms with van der Waals surface area (Å²) in [6, 6.07) is 7.82. The molecule has 0 heterocycles. The average Bonchev–Trinajstić information content (AvgIpc) is 2.31. The van der Waals surface area contributed by atoms with E-state index in [0.717, 1.165) is 16.7 Å². The Bertz CT molecular complexity index is 389. The van der Waals surface area contributed by atoms with Crippen LogP contribution in [0.2, 0.25) is 5.02 Å². The maximum atomic E-state index is 5.84. The van der Waals surface area contributed by atoms with Crippen molar-refractivity contribution in [3.05, 3.63) is 47.6 Å². The molecule has 1 aromatic carbocycles. The van der Waals surface area contributed by atoms with Crippen molar-refractivity contribution in [2.75, 3.05) is 14.1 Å². The first-order valence-corrected chi connectivity index (χ1v) is 6.31. The van der Waals surface area contributed by atoms with E-state index in [4.69, 9.17) is 11.6 Å². The van der Waals surface area contributed by atoms with Crippen LogP contribution in [0.1, 0.15) is 5.56 Å². The van der Waals surface area contributed by atoms with Crippen LogP contribution in [-0.4, -0.2) is 23.6 Å². The van der Waals surface area contributed by atoms with Gasteiger partial charge in [-0.1, -0.05) is 30.3 Å². The van der Waals surface area contributed by atoms with Crippen molar-refractivity contribution in [1.82, 2.24) is 9.62 Å². The van der Waals surface area contributed by atoms with Crippen molar-refractivity contribution in [3.63, 3.8) is 0 Å². The van der Waals surface area contributed by atoms with Crippen molar-refractivity contribution >= 4 is 28.7 Å². The third-order valence-corrected chi connectivity index (χ3v) is 3.16. The smallest absolute Gasteiger partial charge is 0.176 e. The molecule has 0 spiro atoms. The number of nitrogens with one attached hydrogen (secondary N) is 1.